The number of hydrogen-bond donors (Lipinski definition) is 1. The number of aromatic nitrogens is 3. The van der Waals surface area contributed by atoms with Gasteiger partial charge in [-0.1, -0.05) is 18.2 Å². The van der Waals surface area contributed by atoms with Gasteiger partial charge in [0.25, 0.3) is 0 Å². The van der Waals surface area contributed by atoms with E-state index in [0.717, 1.165) is 17.8 Å². The minimum absolute atomic E-state index is 0.129. The lowest BCUT2D eigenvalue weighted by Gasteiger charge is -2.07. The van der Waals surface area contributed by atoms with Crippen LogP contribution in [0.3, 0.4) is 0 Å². The molecule has 108 valence electrons. The Hall–Kier alpha value is -2.56. The molecule has 5 nitrogen and oxygen atoms in total. The number of imidazole rings is 1. The number of hydrogen-bond acceptors (Lipinski definition) is 2. The Morgan fingerprint density at radius 3 is 2.86 bits per heavy atom. The normalized spacial score (nSPS) is 11.1. The van der Waals surface area contributed by atoms with Crippen LogP contribution in [0.25, 0.3) is 10.9 Å². The van der Waals surface area contributed by atoms with E-state index in [4.69, 9.17) is 5.11 Å². The highest BCUT2D eigenvalue weighted by atomic mass is 16.4. The van der Waals surface area contributed by atoms with Crippen molar-refractivity contribution in [2.45, 2.75) is 26.4 Å². The van der Waals surface area contributed by atoms with Crippen molar-refractivity contribution in [3.8, 4) is 0 Å². The molecule has 2 heterocycles. The molecule has 5 heteroatoms. The molecule has 0 amide bonds. The molecule has 3 aromatic rings. The van der Waals surface area contributed by atoms with Crippen LogP contribution in [0.2, 0.25) is 0 Å². The number of para-hydroxylation sites is 1. The molecule has 21 heavy (non-hydrogen) atoms. The van der Waals surface area contributed by atoms with Crippen molar-refractivity contribution in [1.82, 2.24) is 14.1 Å². The maximum atomic E-state index is 10.9. The molecule has 1 N–H and O–H groups in total. The Morgan fingerprint density at radius 2 is 2.14 bits per heavy atom. The number of carboxylic acids is 1. The van der Waals surface area contributed by atoms with Gasteiger partial charge >= 0.3 is 5.97 Å². The first-order valence-electron chi connectivity index (χ1n) is 6.91. The molecule has 0 spiro atoms. The van der Waals surface area contributed by atoms with Crippen LogP contribution in [0.5, 0.6) is 0 Å². The molecule has 0 saturated carbocycles. The van der Waals surface area contributed by atoms with Crippen molar-refractivity contribution >= 4 is 16.9 Å². The van der Waals surface area contributed by atoms with E-state index in [1.54, 1.807) is 12.5 Å². The van der Waals surface area contributed by atoms with Crippen LogP contribution in [0.1, 0.15) is 17.7 Å². The zero-order valence-corrected chi connectivity index (χ0v) is 11.9. The molecule has 0 aliphatic carbocycles. The van der Waals surface area contributed by atoms with Crippen LogP contribution in [-0.4, -0.2) is 25.2 Å². The summed E-state index contributed by atoms with van der Waals surface area (Å²) in [5, 5.41) is 10.1. The van der Waals surface area contributed by atoms with Crippen LogP contribution in [0.15, 0.2) is 43.0 Å². The average molecular weight is 283 g/mol. The van der Waals surface area contributed by atoms with Crippen molar-refractivity contribution < 1.29 is 9.90 Å². The van der Waals surface area contributed by atoms with E-state index >= 15 is 0 Å². The molecule has 0 saturated heterocycles. The number of aliphatic carboxylic acids is 1. The van der Waals surface area contributed by atoms with Crippen LogP contribution < -0.4 is 0 Å². The summed E-state index contributed by atoms with van der Waals surface area (Å²) in [5.41, 5.74) is 3.42. The standard InChI is InChI=1S/C16H17N3O2/c1-12-14(10-18-9-7-17-11-18)13-4-2-3-5-15(13)19(12)8-6-16(20)21/h2-5,7,9,11H,6,8,10H2,1H3,(H,20,21). The molecule has 0 fully saturated rings. The number of aryl methyl sites for hydroxylation is 1. The topological polar surface area (TPSA) is 60.0 Å². The first kappa shape index (κ1) is 13.4. The van der Waals surface area contributed by atoms with Crippen molar-refractivity contribution in [1.29, 1.82) is 0 Å². The predicted molar refractivity (Wildman–Crippen MR) is 80.3 cm³/mol. The van der Waals surface area contributed by atoms with E-state index in [-0.39, 0.29) is 6.42 Å². The molecule has 0 aliphatic rings. The Kier molecular flexibility index (Phi) is 3.48. The predicted octanol–water partition coefficient (Wildman–Crippen LogP) is 2.67. The highest BCUT2D eigenvalue weighted by Crippen LogP contribution is 2.26. The number of carboxylic acid groups (broad SMARTS) is 1. The average Bonchev–Trinajstić information content (AvgIpc) is 3.06. The lowest BCUT2D eigenvalue weighted by atomic mass is 10.1. The van der Waals surface area contributed by atoms with Gasteiger partial charge in [-0.25, -0.2) is 4.98 Å². The number of rotatable bonds is 5. The largest absolute Gasteiger partial charge is 0.481 e. The second-order valence-electron chi connectivity index (χ2n) is 5.11. The van der Waals surface area contributed by atoms with Crippen molar-refractivity contribution in [3.05, 3.63) is 54.2 Å². The molecule has 0 radical (unpaired) electrons. The number of fused-ring (bicyclic) bond motifs is 1. The van der Waals surface area contributed by atoms with E-state index in [9.17, 15) is 4.79 Å². The van der Waals surface area contributed by atoms with Gasteiger partial charge in [0.2, 0.25) is 0 Å². The third kappa shape index (κ3) is 2.54. The molecule has 0 atom stereocenters. The maximum Gasteiger partial charge on any atom is 0.305 e. The second-order valence-corrected chi connectivity index (χ2v) is 5.11. The monoisotopic (exact) mass is 283 g/mol. The van der Waals surface area contributed by atoms with Gasteiger partial charge in [-0.3, -0.25) is 4.79 Å². The molecule has 0 unspecified atom stereocenters. The summed E-state index contributed by atoms with van der Waals surface area (Å²) in [6.07, 6.45) is 5.62. The van der Waals surface area contributed by atoms with E-state index in [2.05, 4.69) is 15.6 Å². The zero-order valence-electron chi connectivity index (χ0n) is 11.9. The molecule has 0 bridgehead atoms. The first-order chi connectivity index (χ1) is 10.2. The van der Waals surface area contributed by atoms with Crippen LogP contribution in [0.4, 0.5) is 0 Å². The van der Waals surface area contributed by atoms with Gasteiger partial charge in [-0.2, -0.15) is 0 Å². The third-order valence-corrected chi connectivity index (χ3v) is 3.81. The summed E-state index contributed by atoms with van der Waals surface area (Å²) in [7, 11) is 0. The van der Waals surface area contributed by atoms with E-state index < -0.39 is 5.97 Å². The fourth-order valence-electron chi connectivity index (χ4n) is 2.76. The molecule has 3 rings (SSSR count). The highest BCUT2D eigenvalue weighted by molar-refractivity contribution is 5.85. The lowest BCUT2D eigenvalue weighted by molar-refractivity contribution is -0.137. The summed E-state index contributed by atoms with van der Waals surface area (Å²) in [6.45, 7) is 3.28. The van der Waals surface area contributed by atoms with E-state index in [1.807, 2.05) is 35.9 Å². The minimum atomic E-state index is -0.775. The Morgan fingerprint density at radius 1 is 1.33 bits per heavy atom. The summed E-state index contributed by atoms with van der Waals surface area (Å²) < 4.78 is 4.12. The maximum absolute atomic E-state index is 10.9. The van der Waals surface area contributed by atoms with Gasteiger partial charge in [-0.15, -0.1) is 0 Å². The SMILES string of the molecule is Cc1c(Cn2ccnc2)c2ccccc2n1CCC(=O)O. The minimum Gasteiger partial charge on any atom is -0.481 e. The molecule has 2 aromatic heterocycles. The summed E-state index contributed by atoms with van der Waals surface area (Å²) in [5.74, 6) is -0.775. The quantitative estimate of drug-likeness (QED) is 0.783. The van der Waals surface area contributed by atoms with Crippen LogP contribution in [0, 0.1) is 6.92 Å². The third-order valence-electron chi connectivity index (χ3n) is 3.81. The Labute approximate surface area is 122 Å². The van der Waals surface area contributed by atoms with E-state index in [0.29, 0.717) is 6.54 Å². The number of benzene rings is 1. The zero-order chi connectivity index (χ0) is 14.8. The van der Waals surface area contributed by atoms with Crippen molar-refractivity contribution in [2.75, 3.05) is 0 Å². The van der Waals surface area contributed by atoms with Gasteiger partial charge < -0.3 is 14.2 Å². The van der Waals surface area contributed by atoms with Crippen molar-refractivity contribution in [2.24, 2.45) is 0 Å². The second kappa shape index (κ2) is 5.44. The Bertz CT molecular complexity index is 772. The molecular formula is C16H17N3O2. The van der Waals surface area contributed by atoms with Gasteiger partial charge in [-0.05, 0) is 13.0 Å². The number of carbonyl (C=O) groups is 1. The lowest BCUT2D eigenvalue weighted by Crippen LogP contribution is -2.06. The molecule has 1 aromatic carbocycles. The molecular weight excluding hydrogens is 266 g/mol. The van der Waals surface area contributed by atoms with Gasteiger partial charge in [0.1, 0.15) is 0 Å². The molecule has 0 aliphatic heterocycles. The fraction of sp³-hybridized carbons (Fsp3) is 0.250. The van der Waals surface area contributed by atoms with Crippen LogP contribution >= 0.6 is 0 Å². The van der Waals surface area contributed by atoms with E-state index in [1.165, 1.54) is 10.9 Å². The van der Waals surface area contributed by atoms with Crippen molar-refractivity contribution in [3.63, 3.8) is 0 Å². The summed E-state index contributed by atoms with van der Waals surface area (Å²) in [6, 6.07) is 8.13. The summed E-state index contributed by atoms with van der Waals surface area (Å²) in [4.78, 5) is 14.9. The van der Waals surface area contributed by atoms with Crippen LogP contribution in [-0.2, 0) is 17.9 Å². The summed E-state index contributed by atoms with van der Waals surface area (Å²) >= 11 is 0. The number of nitrogens with zero attached hydrogens (tertiary/aromatic N) is 3. The highest BCUT2D eigenvalue weighted by Gasteiger charge is 2.14. The Balaban J connectivity index is 2.06. The first-order valence-corrected chi connectivity index (χ1v) is 6.91. The van der Waals surface area contributed by atoms with Gasteiger partial charge in [0.15, 0.2) is 0 Å². The van der Waals surface area contributed by atoms with Gasteiger partial charge in [0.05, 0.1) is 19.3 Å². The smallest absolute Gasteiger partial charge is 0.305 e. The fourth-order valence-corrected chi connectivity index (χ4v) is 2.76. The van der Waals surface area contributed by atoms with Gasteiger partial charge in [0, 0.05) is 41.1 Å².